The number of fused-ring (bicyclic) bond motifs is 1. The van der Waals surface area contributed by atoms with Crippen molar-refractivity contribution in [3.8, 4) is 0 Å². The van der Waals surface area contributed by atoms with Crippen LogP contribution in [0, 0.1) is 11.8 Å². The van der Waals surface area contributed by atoms with Gasteiger partial charge in [-0.1, -0.05) is 32.9 Å². The molecular weight excluding hydrogens is 238 g/mol. The maximum absolute atomic E-state index is 9.99. The number of benzene rings is 1. The monoisotopic (exact) mass is 262 g/mol. The van der Waals surface area contributed by atoms with Gasteiger partial charge in [-0.05, 0) is 41.9 Å². The van der Waals surface area contributed by atoms with Crippen molar-refractivity contribution in [1.29, 1.82) is 0 Å². The van der Waals surface area contributed by atoms with Crippen LogP contribution in [0.15, 0.2) is 18.2 Å². The molecule has 2 rings (SSSR count). The van der Waals surface area contributed by atoms with Gasteiger partial charge in [0, 0.05) is 12.2 Å². The number of aliphatic hydroxyl groups excluding tert-OH is 2. The number of hydrogen-bond acceptors (Lipinski definition) is 3. The lowest BCUT2D eigenvalue weighted by atomic mass is 9.86. The van der Waals surface area contributed by atoms with Crippen LogP contribution in [0.1, 0.15) is 38.3 Å². The molecule has 1 aromatic rings. The van der Waals surface area contributed by atoms with Crippen molar-refractivity contribution in [2.24, 2.45) is 5.41 Å². The molecule has 0 saturated heterocycles. The number of hydrogen-bond donors (Lipinski definition) is 2. The van der Waals surface area contributed by atoms with Crippen LogP contribution in [0.2, 0.25) is 0 Å². The number of aliphatic hydroxyl groups is 2. The zero-order valence-electron chi connectivity index (χ0n) is 12.1. The lowest BCUT2D eigenvalue weighted by Crippen LogP contribution is -2.40. The zero-order valence-corrected chi connectivity index (χ0v) is 12.1. The highest BCUT2D eigenvalue weighted by molar-refractivity contribution is 5.60. The first-order valence-corrected chi connectivity index (χ1v) is 6.92. The van der Waals surface area contributed by atoms with E-state index in [0.717, 1.165) is 12.1 Å². The smallest absolute Gasteiger partial charge is 0.127 e. The first kappa shape index (κ1) is 14.4. The van der Waals surface area contributed by atoms with Crippen molar-refractivity contribution in [1.82, 2.24) is 0 Å². The highest BCUT2D eigenvalue weighted by atomic mass is 16.3. The van der Waals surface area contributed by atoms with Gasteiger partial charge in [0.2, 0.25) is 0 Å². The van der Waals surface area contributed by atoms with Gasteiger partial charge in [-0.25, -0.2) is 0 Å². The van der Waals surface area contributed by atoms with Gasteiger partial charge in [-0.15, -0.1) is 0 Å². The predicted octanol–water partition coefficient (Wildman–Crippen LogP) is 2.35. The van der Waals surface area contributed by atoms with E-state index in [1.165, 1.54) is 11.1 Å². The highest BCUT2D eigenvalue weighted by Crippen LogP contribution is 2.33. The SMILES string of the molecule is CC(C)(C)Cc1ccc2c(c1)[CH]CC(O)N2CCO. The summed E-state index contributed by atoms with van der Waals surface area (Å²) >= 11 is 0. The summed E-state index contributed by atoms with van der Waals surface area (Å²) in [4.78, 5) is 1.87. The molecule has 1 aromatic carbocycles. The Morgan fingerprint density at radius 2 is 2.05 bits per heavy atom. The molecule has 19 heavy (non-hydrogen) atoms. The first-order valence-electron chi connectivity index (χ1n) is 6.92. The van der Waals surface area contributed by atoms with E-state index in [-0.39, 0.29) is 12.0 Å². The van der Waals surface area contributed by atoms with Crippen molar-refractivity contribution in [2.45, 2.75) is 39.8 Å². The van der Waals surface area contributed by atoms with Crippen LogP contribution in [0.4, 0.5) is 5.69 Å². The molecule has 0 amide bonds. The molecule has 2 N–H and O–H groups in total. The summed E-state index contributed by atoms with van der Waals surface area (Å²) < 4.78 is 0. The molecule has 0 spiro atoms. The van der Waals surface area contributed by atoms with Gasteiger partial charge in [-0.3, -0.25) is 0 Å². The molecule has 3 heteroatoms. The largest absolute Gasteiger partial charge is 0.395 e. The van der Waals surface area contributed by atoms with Gasteiger partial charge >= 0.3 is 0 Å². The standard InChI is InChI=1S/C16H24NO2/c1-16(2,3)11-12-4-6-14-13(10-12)5-7-15(19)17(14)8-9-18/h4-6,10,15,18-19H,7-9,11H2,1-3H3. The van der Waals surface area contributed by atoms with Crippen LogP contribution >= 0.6 is 0 Å². The molecule has 1 radical (unpaired) electrons. The second-order valence-electron chi connectivity index (χ2n) is 6.47. The summed E-state index contributed by atoms with van der Waals surface area (Å²) in [5.74, 6) is 0. The van der Waals surface area contributed by atoms with E-state index in [2.05, 4.69) is 45.4 Å². The van der Waals surface area contributed by atoms with Gasteiger partial charge in [0.1, 0.15) is 6.23 Å². The van der Waals surface area contributed by atoms with Crippen LogP contribution in [-0.2, 0) is 6.42 Å². The second-order valence-corrected chi connectivity index (χ2v) is 6.47. The average Bonchev–Trinajstić information content (AvgIpc) is 2.31. The maximum Gasteiger partial charge on any atom is 0.127 e. The van der Waals surface area contributed by atoms with Crippen molar-refractivity contribution < 1.29 is 10.2 Å². The van der Waals surface area contributed by atoms with Crippen LogP contribution in [-0.4, -0.2) is 29.6 Å². The number of anilines is 1. The zero-order chi connectivity index (χ0) is 14.0. The Kier molecular flexibility index (Phi) is 4.16. The Labute approximate surface area is 115 Å². The lowest BCUT2D eigenvalue weighted by molar-refractivity contribution is 0.156. The molecule has 0 bridgehead atoms. The Morgan fingerprint density at radius 1 is 1.32 bits per heavy atom. The Hall–Kier alpha value is -1.06. The molecule has 1 heterocycles. The molecular formula is C16H24NO2. The summed E-state index contributed by atoms with van der Waals surface area (Å²) in [5.41, 5.74) is 3.78. The summed E-state index contributed by atoms with van der Waals surface area (Å²) in [6, 6.07) is 6.39. The first-order chi connectivity index (χ1) is 8.90. The molecule has 0 saturated carbocycles. The molecule has 1 unspecified atom stereocenters. The third-order valence-corrected chi connectivity index (χ3v) is 3.39. The third kappa shape index (κ3) is 3.48. The number of β-amino-alcohol motifs (C(OH)–C–C–N with tert-alkyl or cyclic N) is 1. The molecule has 0 aliphatic carbocycles. The van der Waals surface area contributed by atoms with E-state index in [9.17, 15) is 5.11 Å². The van der Waals surface area contributed by atoms with Crippen LogP contribution < -0.4 is 4.90 Å². The Balaban J connectivity index is 2.26. The van der Waals surface area contributed by atoms with E-state index in [1.54, 1.807) is 0 Å². The quantitative estimate of drug-likeness (QED) is 0.879. The Morgan fingerprint density at radius 3 is 2.68 bits per heavy atom. The van der Waals surface area contributed by atoms with Gasteiger partial charge < -0.3 is 15.1 Å². The predicted molar refractivity (Wildman–Crippen MR) is 78.1 cm³/mol. The summed E-state index contributed by atoms with van der Waals surface area (Å²) in [5, 5.41) is 19.1. The van der Waals surface area contributed by atoms with Crippen molar-refractivity contribution in [3.05, 3.63) is 35.7 Å². The van der Waals surface area contributed by atoms with Crippen LogP contribution in [0.5, 0.6) is 0 Å². The van der Waals surface area contributed by atoms with Gasteiger partial charge in [0.15, 0.2) is 0 Å². The van der Waals surface area contributed by atoms with Crippen molar-refractivity contribution >= 4 is 5.69 Å². The van der Waals surface area contributed by atoms with E-state index in [4.69, 9.17) is 5.11 Å². The maximum atomic E-state index is 9.99. The minimum atomic E-state index is -0.520. The fraction of sp³-hybridized carbons (Fsp3) is 0.562. The third-order valence-electron chi connectivity index (χ3n) is 3.39. The summed E-state index contributed by atoms with van der Waals surface area (Å²) in [7, 11) is 0. The fourth-order valence-corrected chi connectivity index (χ4v) is 2.65. The normalized spacial score (nSPS) is 19.4. The Bertz CT molecular complexity index is 437. The minimum absolute atomic E-state index is 0.0558. The second kappa shape index (κ2) is 5.51. The highest BCUT2D eigenvalue weighted by Gasteiger charge is 2.24. The van der Waals surface area contributed by atoms with E-state index in [0.29, 0.717) is 13.0 Å². The molecule has 1 aliphatic rings. The van der Waals surface area contributed by atoms with Crippen molar-refractivity contribution in [2.75, 3.05) is 18.1 Å². The van der Waals surface area contributed by atoms with Crippen LogP contribution in [0.3, 0.4) is 0 Å². The van der Waals surface area contributed by atoms with Gasteiger partial charge in [-0.2, -0.15) is 0 Å². The topological polar surface area (TPSA) is 43.7 Å². The van der Waals surface area contributed by atoms with Crippen molar-refractivity contribution in [3.63, 3.8) is 0 Å². The van der Waals surface area contributed by atoms with Crippen LogP contribution in [0.25, 0.3) is 0 Å². The fourth-order valence-electron chi connectivity index (χ4n) is 2.65. The molecule has 1 atom stereocenters. The number of rotatable bonds is 3. The molecule has 3 nitrogen and oxygen atoms in total. The average molecular weight is 262 g/mol. The van der Waals surface area contributed by atoms with Gasteiger partial charge in [0.25, 0.3) is 0 Å². The van der Waals surface area contributed by atoms with E-state index >= 15 is 0 Å². The summed E-state index contributed by atoms with van der Waals surface area (Å²) in [6.45, 7) is 7.23. The lowest BCUT2D eigenvalue weighted by Gasteiger charge is -2.35. The minimum Gasteiger partial charge on any atom is -0.395 e. The van der Waals surface area contributed by atoms with Gasteiger partial charge in [0.05, 0.1) is 6.61 Å². The molecule has 105 valence electrons. The van der Waals surface area contributed by atoms with E-state index < -0.39 is 6.23 Å². The molecule has 0 fully saturated rings. The van der Waals surface area contributed by atoms with E-state index in [1.807, 2.05) is 4.90 Å². The molecule has 0 aromatic heterocycles. The number of nitrogens with zero attached hydrogens (tertiary/aromatic N) is 1. The molecule has 1 aliphatic heterocycles. The summed E-state index contributed by atoms with van der Waals surface area (Å²) in [6.07, 6.45) is 3.22.